The Bertz CT molecular complexity index is 574. The van der Waals surface area contributed by atoms with Gasteiger partial charge in [0.15, 0.2) is 0 Å². The summed E-state index contributed by atoms with van der Waals surface area (Å²) in [6, 6.07) is 2.43. The Hall–Kier alpha value is -1.38. The SMILES string of the molecule is CC#CCCNS(=O)(=O)c1c(C)cc(F)cc1C. The summed E-state index contributed by atoms with van der Waals surface area (Å²) in [5.74, 6) is 5.03. The highest BCUT2D eigenvalue weighted by molar-refractivity contribution is 7.89. The molecule has 0 aliphatic rings. The van der Waals surface area contributed by atoms with E-state index >= 15 is 0 Å². The van der Waals surface area contributed by atoms with Crippen LogP contribution in [-0.4, -0.2) is 15.0 Å². The first-order valence-electron chi connectivity index (χ1n) is 5.54. The molecule has 18 heavy (non-hydrogen) atoms. The minimum Gasteiger partial charge on any atom is -0.210 e. The summed E-state index contributed by atoms with van der Waals surface area (Å²) < 4.78 is 39.7. The van der Waals surface area contributed by atoms with E-state index in [1.165, 1.54) is 12.1 Å². The van der Waals surface area contributed by atoms with Crippen molar-refractivity contribution in [2.75, 3.05) is 6.54 Å². The Morgan fingerprint density at radius 1 is 1.28 bits per heavy atom. The van der Waals surface area contributed by atoms with Crippen LogP contribution in [0.25, 0.3) is 0 Å². The zero-order valence-corrected chi connectivity index (χ0v) is 11.5. The van der Waals surface area contributed by atoms with Gasteiger partial charge in [-0.3, -0.25) is 0 Å². The molecule has 0 bridgehead atoms. The first-order valence-corrected chi connectivity index (χ1v) is 7.03. The van der Waals surface area contributed by atoms with Crippen molar-refractivity contribution in [1.82, 2.24) is 4.72 Å². The molecule has 1 N–H and O–H groups in total. The number of aryl methyl sites for hydroxylation is 2. The number of hydrogen-bond donors (Lipinski definition) is 1. The van der Waals surface area contributed by atoms with E-state index in [0.29, 0.717) is 17.5 Å². The summed E-state index contributed by atoms with van der Waals surface area (Å²) >= 11 is 0. The highest BCUT2D eigenvalue weighted by Crippen LogP contribution is 2.20. The molecule has 1 aromatic rings. The van der Waals surface area contributed by atoms with Crippen molar-refractivity contribution in [3.8, 4) is 11.8 Å². The van der Waals surface area contributed by atoms with Crippen LogP contribution < -0.4 is 4.72 Å². The molecule has 0 atom stereocenters. The molecule has 0 amide bonds. The van der Waals surface area contributed by atoms with Crippen molar-refractivity contribution in [3.05, 3.63) is 29.1 Å². The molecular formula is C13H16FNO2S. The standard InChI is InChI=1S/C13H16FNO2S/c1-4-5-6-7-15-18(16,17)13-10(2)8-12(14)9-11(13)3/h8-9,15H,6-7H2,1-3H3. The molecule has 0 fully saturated rings. The van der Waals surface area contributed by atoms with Crippen molar-refractivity contribution in [2.45, 2.75) is 32.1 Å². The summed E-state index contributed by atoms with van der Waals surface area (Å²) in [5, 5.41) is 0. The maximum absolute atomic E-state index is 13.1. The zero-order chi connectivity index (χ0) is 13.8. The van der Waals surface area contributed by atoms with Gasteiger partial charge in [0.05, 0.1) is 4.90 Å². The molecule has 0 saturated heterocycles. The average molecular weight is 269 g/mol. The lowest BCUT2D eigenvalue weighted by Crippen LogP contribution is -2.26. The molecule has 0 aliphatic heterocycles. The van der Waals surface area contributed by atoms with E-state index in [0.717, 1.165) is 0 Å². The van der Waals surface area contributed by atoms with Gasteiger partial charge in [0.25, 0.3) is 0 Å². The van der Waals surface area contributed by atoms with Crippen LogP contribution in [0, 0.1) is 31.5 Å². The van der Waals surface area contributed by atoms with E-state index in [2.05, 4.69) is 16.6 Å². The Morgan fingerprint density at radius 2 is 1.83 bits per heavy atom. The summed E-state index contributed by atoms with van der Waals surface area (Å²) in [6.07, 6.45) is 0.453. The second-order valence-corrected chi connectivity index (χ2v) is 5.65. The maximum atomic E-state index is 13.1. The van der Waals surface area contributed by atoms with Crippen molar-refractivity contribution < 1.29 is 12.8 Å². The number of nitrogens with one attached hydrogen (secondary N) is 1. The second kappa shape index (κ2) is 5.98. The third kappa shape index (κ3) is 3.56. The van der Waals surface area contributed by atoms with Crippen LogP contribution in [0.2, 0.25) is 0 Å². The number of hydrogen-bond acceptors (Lipinski definition) is 2. The minimum absolute atomic E-state index is 0.147. The molecule has 0 heterocycles. The van der Waals surface area contributed by atoms with Gasteiger partial charge in [0.1, 0.15) is 5.82 Å². The van der Waals surface area contributed by atoms with Gasteiger partial charge in [-0.1, -0.05) is 0 Å². The lowest BCUT2D eigenvalue weighted by atomic mass is 10.1. The van der Waals surface area contributed by atoms with Gasteiger partial charge < -0.3 is 0 Å². The molecule has 0 aliphatic carbocycles. The molecule has 0 spiro atoms. The quantitative estimate of drug-likeness (QED) is 0.672. The van der Waals surface area contributed by atoms with E-state index in [1.807, 2.05) is 0 Å². The predicted molar refractivity (Wildman–Crippen MR) is 69.1 cm³/mol. The first kappa shape index (κ1) is 14.7. The molecule has 0 radical (unpaired) electrons. The topological polar surface area (TPSA) is 46.2 Å². The summed E-state index contributed by atoms with van der Waals surface area (Å²) in [6.45, 7) is 5.11. The van der Waals surface area contributed by atoms with Gasteiger partial charge in [0, 0.05) is 13.0 Å². The monoisotopic (exact) mass is 269 g/mol. The molecule has 5 heteroatoms. The highest BCUT2D eigenvalue weighted by atomic mass is 32.2. The molecule has 1 aromatic carbocycles. The minimum atomic E-state index is -3.60. The van der Waals surface area contributed by atoms with E-state index in [-0.39, 0.29) is 11.4 Å². The lowest BCUT2D eigenvalue weighted by Gasteiger charge is -2.11. The third-order valence-electron chi connectivity index (χ3n) is 2.41. The van der Waals surface area contributed by atoms with Crippen LogP contribution in [0.1, 0.15) is 24.5 Å². The molecule has 0 saturated carbocycles. The van der Waals surface area contributed by atoms with Crippen molar-refractivity contribution in [3.63, 3.8) is 0 Å². The summed E-state index contributed by atoms with van der Waals surface area (Å²) in [4.78, 5) is 0.147. The number of sulfonamides is 1. The maximum Gasteiger partial charge on any atom is 0.241 e. The largest absolute Gasteiger partial charge is 0.241 e. The molecule has 1 rings (SSSR count). The average Bonchev–Trinajstić information content (AvgIpc) is 2.22. The van der Waals surface area contributed by atoms with Crippen LogP contribution in [0.4, 0.5) is 4.39 Å². The number of benzene rings is 1. The van der Waals surface area contributed by atoms with Crippen molar-refractivity contribution in [1.29, 1.82) is 0 Å². The normalized spacial score (nSPS) is 10.9. The molecular weight excluding hydrogens is 253 g/mol. The Labute approximate surface area is 107 Å². The van der Waals surface area contributed by atoms with Gasteiger partial charge in [-0.2, -0.15) is 0 Å². The van der Waals surface area contributed by atoms with Gasteiger partial charge in [0.2, 0.25) is 10.0 Å². The zero-order valence-electron chi connectivity index (χ0n) is 10.7. The van der Waals surface area contributed by atoms with Crippen LogP contribution in [0.5, 0.6) is 0 Å². The van der Waals surface area contributed by atoms with Crippen molar-refractivity contribution >= 4 is 10.0 Å². The predicted octanol–water partition coefficient (Wildman–Crippen LogP) is 2.13. The van der Waals surface area contributed by atoms with E-state index < -0.39 is 15.8 Å². The van der Waals surface area contributed by atoms with Gasteiger partial charge in [-0.15, -0.1) is 11.8 Å². The first-order chi connectivity index (χ1) is 8.38. The van der Waals surface area contributed by atoms with Crippen LogP contribution in [0.3, 0.4) is 0 Å². The van der Waals surface area contributed by atoms with Gasteiger partial charge >= 0.3 is 0 Å². The Kier molecular flexibility index (Phi) is 4.88. The molecule has 98 valence electrons. The van der Waals surface area contributed by atoms with E-state index in [1.54, 1.807) is 20.8 Å². The van der Waals surface area contributed by atoms with Gasteiger partial charge in [-0.05, 0) is 44.0 Å². The Morgan fingerprint density at radius 3 is 2.33 bits per heavy atom. The fourth-order valence-corrected chi connectivity index (χ4v) is 3.25. The van der Waals surface area contributed by atoms with Gasteiger partial charge in [-0.25, -0.2) is 17.5 Å². The fraction of sp³-hybridized carbons (Fsp3) is 0.385. The lowest BCUT2D eigenvalue weighted by molar-refractivity contribution is 0.579. The number of rotatable bonds is 4. The smallest absolute Gasteiger partial charge is 0.210 e. The molecule has 0 aromatic heterocycles. The fourth-order valence-electron chi connectivity index (χ4n) is 1.77. The summed E-state index contributed by atoms with van der Waals surface area (Å²) in [7, 11) is -3.60. The van der Waals surface area contributed by atoms with E-state index in [9.17, 15) is 12.8 Å². The Balaban J connectivity index is 3.01. The summed E-state index contributed by atoms with van der Waals surface area (Å²) in [5.41, 5.74) is 0.808. The second-order valence-electron chi connectivity index (χ2n) is 3.94. The van der Waals surface area contributed by atoms with E-state index in [4.69, 9.17) is 0 Å². The third-order valence-corrected chi connectivity index (χ3v) is 4.18. The van der Waals surface area contributed by atoms with Crippen molar-refractivity contribution in [2.24, 2.45) is 0 Å². The highest BCUT2D eigenvalue weighted by Gasteiger charge is 2.19. The van der Waals surface area contributed by atoms with Crippen LogP contribution >= 0.6 is 0 Å². The van der Waals surface area contributed by atoms with Crippen LogP contribution in [-0.2, 0) is 10.0 Å². The van der Waals surface area contributed by atoms with Crippen LogP contribution in [0.15, 0.2) is 17.0 Å². The molecule has 0 unspecified atom stereocenters. The molecule has 3 nitrogen and oxygen atoms in total. The number of halogens is 1.